The van der Waals surface area contributed by atoms with Crippen LogP contribution in [0.15, 0.2) is 70.1 Å². The summed E-state index contributed by atoms with van der Waals surface area (Å²) in [6, 6.07) is 16.0. The standard InChI is InChI=1S/C27H29N3O4/c1-5-23(29(14-16-33-4)27(32)24-11-8-15-34-24)25-28-22-10-7-6-9-21(22)26(31)30(25)20-13-12-18(2)19(3)17-20/h6-13,15,17,23H,5,14,16H2,1-4H3. The number of methoxy groups -OCH3 is 1. The van der Waals surface area contributed by atoms with Crippen molar-refractivity contribution >= 4 is 16.8 Å². The number of fused-ring (bicyclic) bond motifs is 1. The van der Waals surface area contributed by atoms with E-state index in [1.165, 1.54) is 6.26 Å². The van der Waals surface area contributed by atoms with Crippen molar-refractivity contribution in [3.05, 3.63) is 93.9 Å². The number of ether oxygens (including phenoxy) is 1. The predicted molar refractivity (Wildman–Crippen MR) is 131 cm³/mol. The SMILES string of the molecule is CCC(c1nc2ccccc2c(=O)n1-c1ccc(C)c(C)c1)N(CCOC)C(=O)c1ccco1. The number of benzene rings is 2. The third-order valence-corrected chi connectivity index (χ3v) is 6.14. The molecule has 0 N–H and O–H groups in total. The van der Waals surface area contributed by atoms with Gasteiger partial charge in [-0.15, -0.1) is 0 Å². The molecule has 1 amide bonds. The second-order valence-corrected chi connectivity index (χ2v) is 8.29. The zero-order chi connectivity index (χ0) is 24.2. The van der Waals surface area contributed by atoms with Gasteiger partial charge in [0.15, 0.2) is 5.76 Å². The van der Waals surface area contributed by atoms with Crippen molar-refractivity contribution in [3.8, 4) is 5.69 Å². The van der Waals surface area contributed by atoms with Gasteiger partial charge in [0, 0.05) is 13.7 Å². The molecule has 0 aliphatic carbocycles. The molecule has 4 rings (SSSR count). The zero-order valence-corrected chi connectivity index (χ0v) is 19.9. The summed E-state index contributed by atoms with van der Waals surface area (Å²) in [4.78, 5) is 33.8. The van der Waals surface area contributed by atoms with E-state index in [-0.39, 0.29) is 17.2 Å². The smallest absolute Gasteiger partial charge is 0.290 e. The maximum atomic E-state index is 13.8. The van der Waals surface area contributed by atoms with Gasteiger partial charge in [0.05, 0.1) is 35.5 Å². The van der Waals surface area contributed by atoms with Crippen LogP contribution in [0, 0.1) is 13.8 Å². The van der Waals surface area contributed by atoms with E-state index in [2.05, 4.69) is 0 Å². The predicted octanol–water partition coefficient (Wildman–Crippen LogP) is 4.84. The molecule has 0 aliphatic heterocycles. The van der Waals surface area contributed by atoms with Crippen LogP contribution < -0.4 is 5.56 Å². The van der Waals surface area contributed by atoms with Gasteiger partial charge in [0.25, 0.3) is 11.5 Å². The maximum absolute atomic E-state index is 13.8. The van der Waals surface area contributed by atoms with Crippen LogP contribution in [0.4, 0.5) is 0 Å². The first-order valence-electron chi connectivity index (χ1n) is 11.4. The summed E-state index contributed by atoms with van der Waals surface area (Å²) in [6.45, 7) is 6.69. The van der Waals surface area contributed by atoms with E-state index in [0.29, 0.717) is 36.3 Å². The topological polar surface area (TPSA) is 77.6 Å². The summed E-state index contributed by atoms with van der Waals surface area (Å²) in [5.74, 6) is 0.462. The molecular formula is C27H29N3O4. The van der Waals surface area contributed by atoms with Gasteiger partial charge in [-0.1, -0.05) is 25.1 Å². The van der Waals surface area contributed by atoms with E-state index in [1.807, 2.05) is 57.2 Å². The molecule has 0 fully saturated rings. The van der Waals surface area contributed by atoms with Gasteiger partial charge < -0.3 is 14.1 Å². The van der Waals surface area contributed by atoms with Gasteiger partial charge in [0.1, 0.15) is 5.82 Å². The number of amides is 1. The van der Waals surface area contributed by atoms with Crippen LogP contribution in [-0.2, 0) is 4.74 Å². The number of nitrogens with zero attached hydrogens (tertiary/aromatic N) is 3. The Balaban J connectivity index is 1.96. The van der Waals surface area contributed by atoms with Gasteiger partial charge >= 0.3 is 0 Å². The van der Waals surface area contributed by atoms with Gasteiger partial charge in [-0.25, -0.2) is 4.98 Å². The number of carbonyl (C=O) groups excluding carboxylic acids is 1. The number of rotatable bonds is 8. The highest BCUT2D eigenvalue weighted by molar-refractivity contribution is 5.91. The second kappa shape index (κ2) is 10.1. The number of hydrogen-bond donors (Lipinski definition) is 0. The van der Waals surface area contributed by atoms with Crippen LogP contribution in [0.3, 0.4) is 0 Å². The lowest BCUT2D eigenvalue weighted by Crippen LogP contribution is -2.40. The summed E-state index contributed by atoms with van der Waals surface area (Å²) in [7, 11) is 1.59. The number of aromatic nitrogens is 2. The highest BCUT2D eigenvalue weighted by Gasteiger charge is 2.30. The third-order valence-electron chi connectivity index (χ3n) is 6.14. The fourth-order valence-corrected chi connectivity index (χ4v) is 4.16. The Labute approximate surface area is 198 Å². The molecule has 0 aliphatic rings. The maximum Gasteiger partial charge on any atom is 0.290 e. The second-order valence-electron chi connectivity index (χ2n) is 8.29. The number of carbonyl (C=O) groups is 1. The van der Waals surface area contributed by atoms with E-state index in [9.17, 15) is 9.59 Å². The summed E-state index contributed by atoms with van der Waals surface area (Å²) in [5, 5.41) is 0.528. The van der Waals surface area contributed by atoms with Crippen LogP contribution in [0.5, 0.6) is 0 Å². The zero-order valence-electron chi connectivity index (χ0n) is 19.9. The first-order valence-corrected chi connectivity index (χ1v) is 11.4. The van der Waals surface area contributed by atoms with Crippen LogP contribution in [0.25, 0.3) is 16.6 Å². The molecule has 2 aromatic heterocycles. The molecule has 7 heteroatoms. The molecule has 0 spiro atoms. The normalized spacial score (nSPS) is 12.1. The summed E-state index contributed by atoms with van der Waals surface area (Å²) >= 11 is 0. The van der Waals surface area contributed by atoms with Crippen LogP contribution >= 0.6 is 0 Å². The Hall–Kier alpha value is -3.71. The lowest BCUT2D eigenvalue weighted by atomic mass is 10.1. The fourth-order valence-electron chi connectivity index (χ4n) is 4.16. The van der Waals surface area contributed by atoms with Crippen molar-refractivity contribution in [2.75, 3.05) is 20.3 Å². The minimum Gasteiger partial charge on any atom is -0.459 e. The van der Waals surface area contributed by atoms with E-state index < -0.39 is 6.04 Å². The Kier molecular flexibility index (Phi) is 6.93. The number of furan rings is 1. The van der Waals surface area contributed by atoms with Gasteiger partial charge in [0.2, 0.25) is 0 Å². The molecule has 2 heterocycles. The highest BCUT2D eigenvalue weighted by atomic mass is 16.5. The summed E-state index contributed by atoms with van der Waals surface area (Å²) in [6.07, 6.45) is 2.02. The van der Waals surface area contributed by atoms with Crippen molar-refractivity contribution in [1.29, 1.82) is 0 Å². The van der Waals surface area contributed by atoms with E-state index in [0.717, 1.165) is 16.8 Å². The number of para-hydroxylation sites is 1. The molecule has 1 atom stereocenters. The summed E-state index contributed by atoms with van der Waals surface area (Å²) in [5.41, 5.74) is 3.35. The Bertz CT molecular complexity index is 1360. The van der Waals surface area contributed by atoms with E-state index >= 15 is 0 Å². The highest BCUT2D eigenvalue weighted by Crippen LogP contribution is 2.28. The molecule has 0 bridgehead atoms. The molecule has 4 aromatic rings. The van der Waals surface area contributed by atoms with Crippen molar-refractivity contribution in [1.82, 2.24) is 14.5 Å². The molecular weight excluding hydrogens is 430 g/mol. The van der Waals surface area contributed by atoms with Crippen molar-refractivity contribution < 1.29 is 13.9 Å². The van der Waals surface area contributed by atoms with Gasteiger partial charge in [-0.05, 0) is 67.8 Å². The van der Waals surface area contributed by atoms with Crippen molar-refractivity contribution in [2.24, 2.45) is 0 Å². The largest absolute Gasteiger partial charge is 0.459 e. The third kappa shape index (κ3) is 4.39. The number of aryl methyl sites for hydroxylation is 2. The quantitative estimate of drug-likeness (QED) is 0.377. The van der Waals surface area contributed by atoms with Crippen LogP contribution in [-0.4, -0.2) is 40.6 Å². The lowest BCUT2D eigenvalue weighted by Gasteiger charge is -2.31. The molecule has 1 unspecified atom stereocenters. The Morgan fingerprint density at radius 2 is 1.91 bits per heavy atom. The lowest BCUT2D eigenvalue weighted by molar-refractivity contribution is 0.0548. The Morgan fingerprint density at radius 1 is 1.12 bits per heavy atom. The summed E-state index contributed by atoms with van der Waals surface area (Å²) < 4.78 is 12.3. The average molecular weight is 460 g/mol. The molecule has 0 radical (unpaired) electrons. The first-order chi connectivity index (χ1) is 16.5. The Morgan fingerprint density at radius 3 is 2.59 bits per heavy atom. The van der Waals surface area contributed by atoms with Crippen LogP contribution in [0.1, 0.15) is 46.9 Å². The van der Waals surface area contributed by atoms with Crippen molar-refractivity contribution in [3.63, 3.8) is 0 Å². The number of hydrogen-bond acceptors (Lipinski definition) is 5. The fraction of sp³-hybridized carbons (Fsp3) is 0.296. The molecule has 7 nitrogen and oxygen atoms in total. The minimum absolute atomic E-state index is 0.167. The van der Waals surface area contributed by atoms with Crippen LogP contribution in [0.2, 0.25) is 0 Å². The van der Waals surface area contributed by atoms with Gasteiger partial charge in [-0.2, -0.15) is 0 Å². The average Bonchev–Trinajstić information content (AvgIpc) is 3.38. The van der Waals surface area contributed by atoms with Gasteiger partial charge in [-0.3, -0.25) is 14.2 Å². The molecule has 2 aromatic carbocycles. The molecule has 0 saturated carbocycles. The van der Waals surface area contributed by atoms with E-state index in [1.54, 1.807) is 34.8 Å². The van der Waals surface area contributed by atoms with E-state index in [4.69, 9.17) is 14.1 Å². The molecule has 176 valence electrons. The first kappa shape index (κ1) is 23.4. The monoisotopic (exact) mass is 459 g/mol. The van der Waals surface area contributed by atoms with Crippen molar-refractivity contribution in [2.45, 2.75) is 33.2 Å². The minimum atomic E-state index is -0.480. The molecule has 34 heavy (non-hydrogen) atoms. The molecule has 0 saturated heterocycles.